The van der Waals surface area contributed by atoms with E-state index in [-0.39, 0.29) is 11.6 Å². The number of ether oxygens (including phenoxy) is 1. The smallest absolute Gasteiger partial charge is 0.356 e. The maximum absolute atomic E-state index is 12.9. The number of benzene rings is 2. The number of amides is 1. The van der Waals surface area contributed by atoms with Crippen LogP contribution in [0, 0.1) is 5.92 Å². The monoisotopic (exact) mass is 496 g/mol. The van der Waals surface area contributed by atoms with Crippen molar-refractivity contribution in [1.29, 1.82) is 0 Å². The molecule has 3 heterocycles. The van der Waals surface area contributed by atoms with E-state index in [1.54, 1.807) is 12.3 Å². The minimum Gasteiger partial charge on any atom is -0.472 e. The van der Waals surface area contributed by atoms with E-state index in [1.807, 2.05) is 22.8 Å². The average molecular weight is 497 g/mol. The number of carbonyl (C=O) groups excluding carboxylic acids is 2. The van der Waals surface area contributed by atoms with Gasteiger partial charge in [-0.2, -0.15) is 0 Å². The summed E-state index contributed by atoms with van der Waals surface area (Å²) >= 11 is 0. The summed E-state index contributed by atoms with van der Waals surface area (Å²) < 4.78 is 12.0. The highest BCUT2D eigenvalue weighted by Gasteiger charge is 2.27. The number of nitrogens with one attached hydrogen (secondary N) is 2. The molecular weight excluding hydrogens is 468 g/mol. The summed E-state index contributed by atoms with van der Waals surface area (Å²) in [6.07, 6.45) is 4.52. The molecule has 37 heavy (non-hydrogen) atoms. The zero-order valence-electron chi connectivity index (χ0n) is 20.9. The summed E-state index contributed by atoms with van der Waals surface area (Å²) in [7, 11) is 1.32. The van der Waals surface area contributed by atoms with Gasteiger partial charge in [-0.05, 0) is 40.5 Å². The molecule has 0 aliphatic rings. The zero-order valence-corrected chi connectivity index (χ0v) is 20.9. The van der Waals surface area contributed by atoms with Crippen molar-refractivity contribution in [2.45, 2.75) is 26.9 Å². The van der Waals surface area contributed by atoms with Gasteiger partial charge in [0.05, 0.1) is 36.5 Å². The van der Waals surface area contributed by atoms with E-state index in [1.165, 1.54) is 30.4 Å². The molecule has 0 bridgehead atoms. The first kappa shape index (κ1) is 24.1. The van der Waals surface area contributed by atoms with Gasteiger partial charge in [-0.3, -0.25) is 4.79 Å². The normalized spacial score (nSPS) is 11.2. The third-order valence-corrected chi connectivity index (χ3v) is 6.16. The number of fused-ring (bicyclic) bond motifs is 2. The highest BCUT2D eigenvalue weighted by molar-refractivity contribution is 6.14. The van der Waals surface area contributed by atoms with Crippen LogP contribution < -0.4 is 10.6 Å². The van der Waals surface area contributed by atoms with Crippen LogP contribution in [-0.4, -0.2) is 28.5 Å². The Balaban J connectivity index is 1.54. The molecule has 5 aromatic rings. The van der Waals surface area contributed by atoms with E-state index in [9.17, 15) is 9.59 Å². The maximum atomic E-state index is 12.9. The quantitative estimate of drug-likeness (QED) is 0.252. The van der Waals surface area contributed by atoms with E-state index < -0.39 is 11.9 Å². The SMILES string of the molecule is COC(=O)c1c(NC(=O)c2ccoc2)c2cc(NCc3ccc4ccccc4c3)cnc2n1CC(C)C. The lowest BCUT2D eigenvalue weighted by Crippen LogP contribution is -2.18. The van der Waals surface area contributed by atoms with Crippen molar-refractivity contribution in [2.75, 3.05) is 17.7 Å². The minimum absolute atomic E-state index is 0.226. The summed E-state index contributed by atoms with van der Waals surface area (Å²) in [5.41, 5.74) is 3.43. The number of hydrogen-bond acceptors (Lipinski definition) is 6. The van der Waals surface area contributed by atoms with Crippen molar-refractivity contribution in [1.82, 2.24) is 9.55 Å². The van der Waals surface area contributed by atoms with Crippen LogP contribution >= 0.6 is 0 Å². The molecule has 0 aliphatic heterocycles. The van der Waals surface area contributed by atoms with Crippen LogP contribution in [0.3, 0.4) is 0 Å². The first-order chi connectivity index (χ1) is 17.9. The molecule has 5 rings (SSSR count). The van der Waals surface area contributed by atoms with Crippen LogP contribution in [0.4, 0.5) is 11.4 Å². The maximum Gasteiger partial charge on any atom is 0.356 e. The molecule has 8 nitrogen and oxygen atoms in total. The van der Waals surface area contributed by atoms with Gasteiger partial charge < -0.3 is 24.4 Å². The van der Waals surface area contributed by atoms with Gasteiger partial charge >= 0.3 is 5.97 Å². The number of methoxy groups -OCH3 is 1. The van der Waals surface area contributed by atoms with Gasteiger partial charge in [-0.15, -0.1) is 0 Å². The van der Waals surface area contributed by atoms with E-state index in [2.05, 4.69) is 59.8 Å². The Kier molecular flexibility index (Phi) is 6.64. The highest BCUT2D eigenvalue weighted by Crippen LogP contribution is 2.34. The Morgan fingerprint density at radius 1 is 1.08 bits per heavy atom. The Bertz CT molecular complexity index is 1580. The number of nitrogens with zero attached hydrogens (tertiary/aromatic N) is 2. The molecule has 8 heteroatoms. The van der Waals surface area contributed by atoms with Crippen LogP contribution in [0.25, 0.3) is 21.8 Å². The topological polar surface area (TPSA) is 98.4 Å². The molecule has 0 saturated heterocycles. The molecule has 0 fully saturated rings. The highest BCUT2D eigenvalue weighted by atomic mass is 16.5. The Morgan fingerprint density at radius 3 is 2.62 bits per heavy atom. The van der Waals surface area contributed by atoms with Gasteiger partial charge in [-0.25, -0.2) is 9.78 Å². The molecule has 0 spiro atoms. The van der Waals surface area contributed by atoms with Crippen LogP contribution in [0.1, 0.15) is 40.3 Å². The number of anilines is 2. The number of aromatic nitrogens is 2. The number of hydrogen-bond donors (Lipinski definition) is 2. The first-order valence-electron chi connectivity index (χ1n) is 12.1. The number of rotatable bonds is 8. The summed E-state index contributed by atoms with van der Waals surface area (Å²) in [5, 5.41) is 9.32. The lowest BCUT2D eigenvalue weighted by Gasteiger charge is -2.12. The Morgan fingerprint density at radius 2 is 1.89 bits per heavy atom. The fraction of sp³-hybridized carbons (Fsp3) is 0.207. The third kappa shape index (κ3) is 4.91. The van der Waals surface area contributed by atoms with Gasteiger partial charge in [0, 0.05) is 18.5 Å². The lowest BCUT2D eigenvalue weighted by molar-refractivity contribution is 0.0589. The fourth-order valence-electron chi connectivity index (χ4n) is 4.43. The van der Waals surface area contributed by atoms with Crippen molar-refractivity contribution in [3.05, 3.63) is 90.1 Å². The molecule has 1 amide bonds. The number of esters is 1. The summed E-state index contributed by atoms with van der Waals surface area (Å²) in [6.45, 7) is 5.22. The molecule has 3 aromatic heterocycles. The molecule has 0 unspecified atom stereocenters. The lowest BCUT2D eigenvalue weighted by atomic mass is 10.1. The molecular formula is C29H28N4O4. The third-order valence-electron chi connectivity index (χ3n) is 6.16. The number of furan rings is 1. The minimum atomic E-state index is -0.549. The second kappa shape index (κ2) is 10.2. The molecule has 2 N–H and O–H groups in total. The molecule has 2 aromatic carbocycles. The summed E-state index contributed by atoms with van der Waals surface area (Å²) in [6, 6.07) is 18.0. The zero-order chi connectivity index (χ0) is 25.9. The fourth-order valence-corrected chi connectivity index (χ4v) is 4.43. The van der Waals surface area contributed by atoms with Crippen molar-refractivity contribution < 1.29 is 18.7 Å². The average Bonchev–Trinajstić information content (AvgIpc) is 3.54. The van der Waals surface area contributed by atoms with Gasteiger partial charge in [0.25, 0.3) is 5.91 Å². The summed E-state index contributed by atoms with van der Waals surface area (Å²) in [5.74, 6) is -0.715. The van der Waals surface area contributed by atoms with Gasteiger partial charge in [0.2, 0.25) is 0 Å². The van der Waals surface area contributed by atoms with E-state index >= 15 is 0 Å². The second-order valence-corrected chi connectivity index (χ2v) is 9.32. The molecule has 0 radical (unpaired) electrons. The Hall–Kier alpha value is -4.59. The van der Waals surface area contributed by atoms with Crippen molar-refractivity contribution in [3.63, 3.8) is 0 Å². The largest absolute Gasteiger partial charge is 0.472 e. The predicted octanol–water partition coefficient (Wildman–Crippen LogP) is 6.09. The molecule has 188 valence electrons. The van der Waals surface area contributed by atoms with Crippen molar-refractivity contribution >= 4 is 45.1 Å². The second-order valence-electron chi connectivity index (χ2n) is 9.32. The Labute approximate surface area is 214 Å². The van der Waals surface area contributed by atoms with Gasteiger partial charge in [0.15, 0.2) is 5.69 Å². The molecule has 0 saturated carbocycles. The van der Waals surface area contributed by atoms with Crippen LogP contribution in [0.15, 0.2) is 77.7 Å². The van der Waals surface area contributed by atoms with Crippen LogP contribution in [0.2, 0.25) is 0 Å². The standard InChI is InChI=1S/C29H28N4O4/c1-18(2)16-33-26(29(35)36-3)25(32-28(34)22-10-11-37-17-22)24-13-23(15-31-27(24)33)30-14-19-8-9-20-6-4-5-7-21(20)12-19/h4-13,15,17-18,30H,14,16H2,1-3H3,(H,32,34). The van der Waals surface area contributed by atoms with Crippen molar-refractivity contribution in [3.8, 4) is 0 Å². The van der Waals surface area contributed by atoms with Crippen LogP contribution in [0.5, 0.6) is 0 Å². The predicted molar refractivity (Wildman–Crippen MR) is 144 cm³/mol. The molecule has 0 atom stereocenters. The van der Waals surface area contributed by atoms with E-state index in [0.29, 0.717) is 35.4 Å². The van der Waals surface area contributed by atoms with E-state index in [0.717, 1.165) is 11.3 Å². The van der Waals surface area contributed by atoms with Crippen LogP contribution in [-0.2, 0) is 17.8 Å². The van der Waals surface area contributed by atoms with Gasteiger partial charge in [-0.1, -0.05) is 50.2 Å². The summed E-state index contributed by atoms with van der Waals surface area (Å²) in [4.78, 5) is 30.6. The van der Waals surface area contributed by atoms with E-state index in [4.69, 9.17) is 9.15 Å². The first-order valence-corrected chi connectivity index (χ1v) is 12.1. The number of carbonyl (C=O) groups is 2. The number of pyridine rings is 1. The molecule has 0 aliphatic carbocycles. The van der Waals surface area contributed by atoms with Crippen molar-refractivity contribution in [2.24, 2.45) is 5.92 Å². The van der Waals surface area contributed by atoms with Gasteiger partial charge in [0.1, 0.15) is 11.9 Å².